The molecule has 1 aromatic heterocycles. The summed E-state index contributed by atoms with van der Waals surface area (Å²) in [5.74, 6) is 1.20. The maximum absolute atomic E-state index is 13.0. The van der Waals surface area contributed by atoms with Crippen LogP contribution in [0.15, 0.2) is 53.7 Å². The number of ether oxygens (including phenoxy) is 1. The number of pyridine rings is 1. The first-order valence-corrected chi connectivity index (χ1v) is 9.16. The molecule has 25 heavy (non-hydrogen) atoms. The van der Waals surface area contributed by atoms with Gasteiger partial charge in [-0.15, -0.1) is 0 Å². The van der Waals surface area contributed by atoms with Gasteiger partial charge in [-0.3, -0.25) is 4.79 Å². The molecule has 0 saturated carbocycles. The van der Waals surface area contributed by atoms with E-state index < -0.39 is 0 Å². The first kappa shape index (κ1) is 17.5. The molecule has 0 radical (unpaired) electrons. The van der Waals surface area contributed by atoms with Gasteiger partial charge < -0.3 is 9.64 Å². The molecule has 3 rings (SSSR count). The van der Waals surface area contributed by atoms with Crippen molar-refractivity contribution in [3.8, 4) is 5.75 Å². The number of nitrogens with zero attached hydrogens (tertiary/aromatic N) is 2. The van der Waals surface area contributed by atoms with Crippen molar-refractivity contribution in [2.45, 2.75) is 31.3 Å². The van der Waals surface area contributed by atoms with Crippen LogP contribution in [-0.4, -0.2) is 29.3 Å². The van der Waals surface area contributed by atoms with Gasteiger partial charge in [-0.1, -0.05) is 23.9 Å². The summed E-state index contributed by atoms with van der Waals surface area (Å²) in [6.07, 6.45) is 3.88. The van der Waals surface area contributed by atoms with E-state index in [4.69, 9.17) is 4.74 Å². The Hall–Kier alpha value is -2.27. The molecule has 0 fully saturated rings. The van der Waals surface area contributed by atoms with Crippen LogP contribution in [0, 0.1) is 0 Å². The number of anilines is 1. The molecular formula is C20H22N2O2S. The van der Waals surface area contributed by atoms with Crippen LogP contribution in [0.4, 0.5) is 5.69 Å². The van der Waals surface area contributed by atoms with Crippen molar-refractivity contribution in [2.75, 3.05) is 17.8 Å². The molecule has 130 valence electrons. The second-order valence-corrected chi connectivity index (χ2v) is 7.55. The molecule has 0 bridgehead atoms. The van der Waals surface area contributed by atoms with Crippen molar-refractivity contribution < 1.29 is 9.53 Å². The summed E-state index contributed by atoms with van der Waals surface area (Å²) in [7, 11) is 1.65. The van der Waals surface area contributed by atoms with Crippen molar-refractivity contribution in [1.29, 1.82) is 0 Å². The number of allylic oxidation sites excluding steroid dienone is 1. The van der Waals surface area contributed by atoms with Gasteiger partial charge in [0, 0.05) is 11.8 Å². The Balaban J connectivity index is 1.90. The highest BCUT2D eigenvalue weighted by atomic mass is 32.2. The maximum atomic E-state index is 13.0. The van der Waals surface area contributed by atoms with Gasteiger partial charge in [0.2, 0.25) is 5.91 Å². The van der Waals surface area contributed by atoms with E-state index in [-0.39, 0.29) is 11.4 Å². The van der Waals surface area contributed by atoms with Crippen molar-refractivity contribution >= 4 is 28.9 Å². The Morgan fingerprint density at radius 1 is 1.28 bits per heavy atom. The smallest absolute Gasteiger partial charge is 0.238 e. The minimum atomic E-state index is -0.382. The lowest BCUT2D eigenvalue weighted by Crippen LogP contribution is -2.49. The predicted molar refractivity (Wildman–Crippen MR) is 103 cm³/mol. The average Bonchev–Trinajstić information content (AvgIpc) is 2.60. The number of rotatable bonds is 4. The number of amides is 1. The number of aromatic nitrogens is 1. The number of carbonyl (C=O) groups is 1. The Morgan fingerprint density at radius 3 is 2.76 bits per heavy atom. The summed E-state index contributed by atoms with van der Waals surface area (Å²) in [5.41, 5.74) is 2.74. The molecule has 0 atom stereocenters. The first-order chi connectivity index (χ1) is 11.9. The van der Waals surface area contributed by atoms with Crippen LogP contribution in [-0.2, 0) is 4.79 Å². The van der Waals surface area contributed by atoms with E-state index in [2.05, 4.69) is 31.8 Å². The quantitative estimate of drug-likeness (QED) is 0.763. The fraction of sp³-hybridized carbons (Fsp3) is 0.300. The van der Waals surface area contributed by atoms with Crippen LogP contribution in [0.25, 0.3) is 5.57 Å². The summed E-state index contributed by atoms with van der Waals surface area (Å²) >= 11 is 1.46. The van der Waals surface area contributed by atoms with Crippen molar-refractivity contribution in [3.63, 3.8) is 0 Å². The lowest BCUT2D eigenvalue weighted by Gasteiger charge is -2.41. The van der Waals surface area contributed by atoms with Gasteiger partial charge in [-0.25, -0.2) is 4.98 Å². The van der Waals surface area contributed by atoms with Crippen molar-refractivity contribution in [2.24, 2.45) is 0 Å². The summed E-state index contributed by atoms with van der Waals surface area (Å²) < 4.78 is 5.34. The Labute approximate surface area is 152 Å². The number of carbonyl (C=O) groups excluding carboxylic acids is 1. The average molecular weight is 354 g/mol. The number of methoxy groups -OCH3 is 1. The van der Waals surface area contributed by atoms with Gasteiger partial charge in [0.05, 0.1) is 29.1 Å². The molecule has 1 aliphatic rings. The normalized spacial score (nSPS) is 15.4. The molecule has 5 heteroatoms. The SMILES string of the molecule is COc1ccc2c(c1)C(C)=CC(C)(C)N2C(=O)CSc1ccccn1. The van der Waals surface area contributed by atoms with Crippen LogP contribution < -0.4 is 9.64 Å². The summed E-state index contributed by atoms with van der Waals surface area (Å²) in [5, 5.41) is 0.854. The van der Waals surface area contributed by atoms with E-state index in [1.807, 2.05) is 41.3 Å². The molecular weight excluding hydrogens is 332 g/mol. The van der Waals surface area contributed by atoms with Crippen molar-refractivity contribution in [1.82, 2.24) is 4.98 Å². The molecule has 0 aliphatic carbocycles. The highest BCUT2D eigenvalue weighted by Gasteiger charge is 2.35. The third-order valence-electron chi connectivity index (χ3n) is 4.25. The number of hydrogen-bond donors (Lipinski definition) is 0. The highest BCUT2D eigenvalue weighted by Crippen LogP contribution is 2.41. The zero-order chi connectivity index (χ0) is 18.0. The standard InChI is InChI=1S/C20H22N2O2S/c1-14-12-20(2,3)22(17-9-8-15(24-4)11-16(14)17)19(23)13-25-18-7-5-6-10-21-18/h5-12H,13H2,1-4H3. The summed E-state index contributed by atoms with van der Waals surface area (Å²) in [6, 6.07) is 11.6. The largest absolute Gasteiger partial charge is 0.497 e. The van der Waals surface area contributed by atoms with Crippen LogP contribution in [0.5, 0.6) is 5.75 Å². The Kier molecular flexibility index (Phi) is 4.86. The van der Waals surface area contributed by atoms with Gasteiger partial charge in [-0.2, -0.15) is 0 Å². The van der Waals surface area contributed by atoms with Crippen LogP contribution in [0.3, 0.4) is 0 Å². The molecule has 0 N–H and O–H groups in total. The third-order valence-corrected chi connectivity index (χ3v) is 5.17. The fourth-order valence-corrected chi connectivity index (χ4v) is 3.93. The van der Waals surface area contributed by atoms with E-state index >= 15 is 0 Å². The van der Waals surface area contributed by atoms with Gasteiger partial charge >= 0.3 is 0 Å². The molecule has 2 heterocycles. The lowest BCUT2D eigenvalue weighted by atomic mass is 9.88. The first-order valence-electron chi connectivity index (χ1n) is 8.17. The molecule has 4 nitrogen and oxygen atoms in total. The van der Waals surface area contributed by atoms with E-state index in [1.54, 1.807) is 13.3 Å². The molecule has 1 aromatic carbocycles. The van der Waals surface area contributed by atoms with Gasteiger partial charge in [0.25, 0.3) is 0 Å². The molecule has 0 saturated heterocycles. The second-order valence-electron chi connectivity index (χ2n) is 6.55. The fourth-order valence-electron chi connectivity index (χ4n) is 3.22. The zero-order valence-electron chi connectivity index (χ0n) is 14.9. The Bertz CT molecular complexity index is 816. The van der Waals surface area contributed by atoms with Crippen molar-refractivity contribution in [3.05, 3.63) is 54.2 Å². The third kappa shape index (κ3) is 3.56. The Morgan fingerprint density at radius 2 is 2.08 bits per heavy atom. The van der Waals surface area contributed by atoms with Crippen LogP contribution in [0.2, 0.25) is 0 Å². The van der Waals surface area contributed by atoms with Gasteiger partial charge in [0.1, 0.15) is 5.75 Å². The van der Waals surface area contributed by atoms with Crippen LogP contribution >= 0.6 is 11.8 Å². The number of fused-ring (bicyclic) bond motifs is 1. The van der Waals surface area contributed by atoms with Gasteiger partial charge in [-0.05, 0) is 56.7 Å². The van der Waals surface area contributed by atoms with E-state index in [0.29, 0.717) is 5.75 Å². The molecule has 0 unspecified atom stereocenters. The molecule has 0 spiro atoms. The second kappa shape index (κ2) is 6.92. The number of hydrogen-bond acceptors (Lipinski definition) is 4. The van der Waals surface area contributed by atoms with E-state index in [0.717, 1.165) is 27.6 Å². The monoisotopic (exact) mass is 354 g/mol. The lowest BCUT2D eigenvalue weighted by molar-refractivity contribution is -0.116. The minimum absolute atomic E-state index is 0.0656. The maximum Gasteiger partial charge on any atom is 0.238 e. The van der Waals surface area contributed by atoms with Gasteiger partial charge in [0.15, 0.2) is 0 Å². The molecule has 1 amide bonds. The number of thioether (sulfide) groups is 1. The van der Waals surface area contributed by atoms with E-state index in [1.165, 1.54) is 11.8 Å². The zero-order valence-corrected chi connectivity index (χ0v) is 15.8. The highest BCUT2D eigenvalue weighted by molar-refractivity contribution is 7.99. The van der Waals surface area contributed by atoms with Crippen LogP contribution in [0.1, 0.15) is 26.3 Å². The summed E-state index contributed by atoms with van der Waals surface area (Å²) in [4.78, 5) is 19.2. The molecule has 2 aromatic rings. The minimum Gasteiger partial charge on any atom is -0.497 e. The van der Waals surface area contributed by atoms with E-state index in [9.17, 15) is 4.79 Å². The predicted octanol–water partition coefficient (Wildman–Crippen LogP) is 4.41. The topological polar surface area (TPSA) is 42.4 Å². The number of benzene rings is 1. The molecule has 1 aliphatic heterocycles. The summed E-state index contributed by atoms with van der Waals surface area (Å²) in [6.45, 7) is 6.20.